The highest BCUT2D eigenvalue weighted by molar-refractivity contribution is 6.30. The lowest BCUT2D eigenvalue weighted by Gasteiger charge is -2.34. The molecule has 2 N–H and O–H groups in total. The maximum atomic E-state index is 10.9. The molecule has 3 rings (SSSR count). The Morgan fingerprint density at radius 3 is 1.87 bits per heavy atom. The average molecular weight is 436 g/mol. The van der Waals surface area contributed by atoms with E-state index in [2.05, 4.69) is 21.9 Å². The molecule has 2 aromatic rings. The largest absolute Gasteiger partial charge is 0.473 e. The van der Waals surface area contributed by atoms with Crippen LogP contribution in [0.1, 0.15) is 11.1 Å². The van der Waals surface area contributed by atoms with Gasteiger partial charge in [0.1, 0.15) is 0 Å². The van der Waals surface area contributed by atoms with Gasteiger partial charge >= 0.3 is 11.9 Å². The predicted molar refractivity (Wildman–Crippen MR) is 110 cm³/mol. The molecule has 0 bridgehead atoms. The molecule has 30 heavy (non-hydrogen) atoms. The number of nitro groups is 1. The third-order valence-electron chi connectivity index (χ3n) is 4.49. The first-order valence-electron chi connectivity index (χ1n) is 9.13. The third kappa shape index (κ3) is 7.78. The summed E-state index contributed by atoms with van der Waals surface area (Å²) in [6.07, 6.45) is 0. The number of carboxylic acid groups (broad SMARTS) is 2. The van der Waals surface area contributed by atoms with Crippen molar-refractivity contribution in [2.24, 2.45) is 0 Å². The molecule has 0 unspecified atom stereocenters. The van der Waals surface area contributed by atoms with Crippen molar-refractivity contribution in [3.8, 4) is 0 Å². The number of carboxylic acids is 2. The Morgan fingerprint density at radius 1 is 0.900 bits per heavy atom. The molecular weight excluding hydrogens is 414 g/mol. The molecule has 0 aromatic heterocycles. The zero-order chi connectivity index (χ0) is 22.1. The van der Waals surface area contributed by atoms with Crippen LogP contribution in [0.2, 0.25) is 5.02 Å². The normalized spacial score (nSPS) is 14.4. The highest BCUT2D eigenvalue weighted by Crippen LogP contribution is 2.17. The summed E-state index contributed by atoms with van der Waals surface area (Å²) in [7, 11) is 0. The van der Waals surface area contributed by atoms with Gasteiger partial charge in [-0.2, -0.15) is 0 Å². The first-order chi connectivity index (χ1) is 14.2. The van der Waals surface area contributed by atoms with Crippen molar-refractivity contribution in [1.82, 2.24) is 9.80 Å². The van der Waals surface area contributed by atoms with E-state index < -0.39 is 11.9 Å². The van der Waals surface area contributed by atoms with Crippen molar-refractivity contribution in [2.75, 3.05) is 26.2 Å². The third-order valence-corrected chi connectivity index (χ3v) is 4.75. The molecule has 0 aliphatic carbocycles. The molecule has 1 fully saturated rings. The lowest BCUT2D eigenvalue weighted by Crippen LogP contribution is -2.45. The van der Waals surface area contributed by atoms with Crippen molar-refractivity contribution in [2.45, 2.75) is 13.1 Å². The summed E-state index contributed by atoms with van der Waals surface area (Å²) >= 11 is 5.92. The van der Waals surface area contributed by atoms with Crippen molar-refractivity contribution in [3.05, 3.63) is 74.8 Å². The molecule has 0 atom stereocenters. The molecule has 0 spiro atoms. The van der Waals surface area contributed by atoms with Gasteiger partial charge in [-0.05, 0) is 23.3 Å². The summed E-state index contributed by atoms with van der Waals surface area (Å²) < 4.78 is 0. The highest BCUT2D eigenvalue weighted by atomic mass is 35.5. The van der Waals surface area contributed by atoms with Gasteiger partial charge in [0, 0.05) is 56.4 Å². The molecule has 10 heteroatoms. The number of carbonyl (C=O) groups is 2. The average Bonchev–Trinajstić information content (AvgIpc) is 2.72. The van der Waals surface area contributed by atoms with Gasteiger partial charge in [0.15, 0.2) is 0 Å². The Balaban J connectivity index is 0.000000469. The van der Waals surface area contributed by atoms with E-state index in [9.17, 15) is 10.1 Å². The van der Waals surface area contributed by atoms with Crippen LogP contribution in [0.25, 0.3) is 0 Å². The van der Waals surface area contributed by atoms with Crippen LogP contribution in [0.3, 0.4) is 0 Å². The van der Waals surface area contributed by atoms with Gasteiger partial charge in [-0.1, -0.05) is 35.9 Å². The monoisotopic (exact) mass is 435 g/mol. The number of nitro benzene ring substituents is 1. The van der Waals surface area contributed by atoms with Crippen LogP contribution in [0, 0.1) is 10.1 Å². The van der Waals surface area contributed by atoms with Crippen LogP contribution in [0.4, 0.5) is 5.69 Å². The van der Waals surface area contributed by atoms with E-state index in [-0.39, 0.29) is 10.6 Å². The van der Waals surface area contributed by atoms with E-state index in [0.717, 1.165) is 49.9 Å². The minimum absolute atomic E-state index is 0.161. The van der Waals surface area contributed by atoms with Crippen LogP contribution in [0.5, 0.6) is 0 Å². The summed E-state index contributed by atoms with van der Waals surface area (Å²) in [4.78, 5) is 33.5. The fourth-order valence-corrected chi connectivity index (χ4v) is 3.11. The number of halogens is 1. The number of non-ortho nitro benzene ring substituents is 1. The van der Waals surface area contributed by atoms with Crippen molar-refractivity contribution in [3.63, 3.8) is 0 Å². The van der Waals surface area contributed by atoms with Crippen molar-refractivity contribution < 1.29 is 24.7 Å². The molecule has 0 saturated carbocycles. The number of hydrogen-bond donors (Lipinski definition) is 2. The van der Waals surface area contributed by atoms with Gasteiger partial charge in [0.2, 0.25) is 0 Å². The maximum absolute atomic E-state index is 10.9. The number of nitrogens with zero attached hydrogens (tertiary/aromatic N) is 3. The van der Waals surface area contributed by atoms with Gasteiger partial charge in [0.25, 0.3) is 5.69 Å². The minimum Gasteiger partial charge on any atom is -0.473 e. The zero-order valence-electron chi connectivity index (χ0n) is 16.1. The molecule has 9 nitrogen and oxygen atoms in total. The molecule has 1 saturated heterocycles. The molecular formula is C20H22ClN3O6. The predicted octanol–water partition coefficient (Wildman–Crippen LogP) is 2.72. The second-order valence-corrected chi connectivity index (χ2v) is 7.15. The standard InChI is InChI=1S/C18H20ClN3O2.C2H2O4/c19-17-6-4-15(5-7-17)13-20-8-10-21(11-9-20)14-16-2-1-3-18(12-16)22(23)24;3-1(4)2(5)6/h1-7,12H,8-11,13-14H2;(H,3,4)(H,5,6). The molecule has 160 valence electrons. The van der Waals surface area contributed by atoms with E-state index in [1.54, 1.807) is 12.1 Å². The van der Waals surface area contributed by atoms with Gasteiger partial charge in [-0.25, -0.2) is 9.59 Å². The first kappa shape index (κ1) is 23.3. The second kappa shape index (κ2) is 11.2. The van der Waals surface area contributed by atoms with Crippen LogP contribution in [-0.2, 0) is 22.7 Å². The summed E-state index contributed by atoms with van der Waals surface area (Å²) in [5.41, 5.74) is 2.43. The van der Waals surface area contributed by atoms with Gasteiger partial charge in [0.05, 0.1) is 4.92 Å². The summed E-state index contributed by atoms with van der Waals surface area (Å²) in [5, 5.41) is 26.4. The number of aliphatic carboxylic acids is 2. The van der Waals surface area contributed by atoms with Crippen LogP contribution < -0.4 is 0 Å². The quantitative estimate of drug-likeness (QED) is 0.417. The Kier molecular flexibility index (Phi) is 8.72. The Morgan fingerprint density at radius 2 is 1.40 bits per heavy atom. The van der Waals surface area contributed by atoms with E-state index in [1.807, 2.05) is 18.2 Å². The number of piperazine rings is 1. The smallest absolute Gasteiger partial charge is 0.414 e. The van der Waals surface area contributed by atoms with Gasteiger partial charge in [-0.3, -0.25) is 19.9 Å². The van der Waals surface area contributed by atoms with Crippen LogP contribution in [-0.4, -0.2) is 63.1 Å². The minimum atomic E-state index is -1.82. The summed E-state index contributed by atoms with van der Waals surface area (Å²) in [5.74, 6) is -3.65. The van der Waals surface area contributed by atoms with Crippen molar-refractivity contribution in [1.29, 1.82) is 0 Å². The first-order valence-corrected chi connectivity index (χ1v) is 9.51. The Labute approximate surface area is 178 Å². The highest BCUT2D eigenvalue weighted by Gasteiger charge is 2.18. The lowest BCUT2D eigenvalue weighted by molar-refractivity contribution is -0.384. The fourth-order valence-electron chi connectivity index (χ4n) is 2.98. The Hall–Kier alpha value is -3.01. The fraction of sp³-hybridized carbons (Fsp3) is 0.300. The molecule has 1 aliphatic heterocycles. The molecule has 1 heterocycles. The zero-order valence-corrected chi connectivity index (χ0v) is 16.9. The maximum Gasteiger partial charge on any atom is 0.414 e. The number of rotatable bonds is 5. The Bertz CT molecular complexity index is 870. The van der Waals surface area contributed by atoms with Crippen molar-refractivity contribution >= 4 is 29.2 Å². The molecule has 0 radical (unpaired) electrons. The van der Waals surface area contributed by atoms with E-state index in [0.29, 0.717) is 0 Å². The number of hydrogen-bond acceptors (Lipinski definition) is 6. The SMILES string of the molecule is O=C(O)C(=O)O.O=[N+]([O-])c1cccc(CN2CCN(Cc3ccc(Cl)cc3)CC2)c1. The van der Waals surface area contributed by atoms with E-state index >= 15 is 0 Å². The summed E-state index contributed by atoms with van der Waals surface area (Å²) in [6.45, 7) is 5.62. The molecule has 0 amide bonds. The van der Waals surface area contributed by atoms with Crippen LogP contribution >= 0.6 is 11.6 Å². The number of benzene rings is 2. The van der Waals surface area contributed by atoms with E-state index in [4.69, 9.17) is 31.4 Å². The van der Waals surface area contributed by atoms with Crippen LogP contribution in [0.15, 0.2) is 48.5 Å². The lowest BCUT2D eigenvalue weighted by atomic mass is 10.1. The van der Waals surface area contributed by atoms with Gasteiger partial charge in [-0.15, -0.1) is 0 Å². The molecule has 1 aliphatic rings. The van der Waals surface area contributed by atoms with Gasteiger partial charge < -0.3 is 10.2 Å². The molecule has 2 aromatic carbocycles. The second-order valence-electron chi connectivity index (χ2n) is 6.72. The van der Waals surface area contributed by atoms with E-state index in [1.165, 1.54) is 11.6 Å². The summed E-state index contributed by atoms with van der Waals surface area (Å²) in [6, 6.07) is 14.9. The topological polar surface area (TPSA) is 124 Å².